The van der Waals surface area contributed by atoms with E-state index in [1.807, 2.05) is 12.1 Å². The molecule has 0 bridgehead atoms. The molecule has 1 aromatic rings. The van der Waals surface area contributed by atoms with Crippen LogP contribution in [0.4, 0.5) is 0 Å². The summed E-state index contributed by atoms with van der Waals surface area (Å²) in [5, 5.41) is 3.59. The molecule has 2 nitrogen and oxygen atoms in total. The minimum absolute atomic E-state index is 0.881. The van der Waals surface area contributed by atoms with Crippen molar-refractivity contribution in [3.8, 4) is 5.75 Å². The second-order valence-electron chi connectivity index (χ2n) is 5.62. The van der Waals surface area contributed by atoms with E-state index in [2.05, 4.69) is 24.4 Å². The summed E-state index contributed by atoms with van der Waals surface area (Å²) in [6, 6.07) is 8.32. The second kappa shape index (κ2) is 6.79. The molecule has 1 aliphatic rings. The quantitative estimate of drug-likeness (QED) is 0.858. The summed E-state index contributed by atoms with van der Waals surface area (Å²) < 4.78 is 5.16. The number of rotatable bonds is 5. The van der Waals surface area contributed by atoms with Gasteiger partial charge in [0.05, 0.1) is 7.11 Å². The van der Waals surface area contributed by atoms with Gasteiger partial charge in [0.25, 0.3) is 0 Å². The zero-order valence-corrected chi connectivity index (χ0v) is 11.6. The van der Waals surface area contributed by atoms with Gasteiger partial charge in [-0.2, -0.15) is 0 Å². The van der Waals surface area contributed by atoms with Gasteiger partial charge in [0.1, 0.15) is 5.75 Å². The average molecular weight is 247 g/mol. The highest BCUT2D eigenvalue weighted by atomic mass is 16.5. The maximum atomic E-state index is 5.16. The van der Waals surface area contributed by atoms with Crippen molar-refractivity contribution in [3.05, 3.63) is 29.8 Å². The van der Waals surface area contributed by atoms with Crippen LogP contribution in [0.1, 0.15) is 38.2 Å². The Kier molecular flexibility index (Phi) is 5.06. The molecule has 0 amide bonds. The topological polar surface area (TPSA) is 21.3 Å². The Morgan fingerprint density at radius 3 is 2.67 bits per heavy atom. The third-order valence-corrected chi connectivity index (χ3v) is 3.97. The smallest absolute Gasteiger partial charge is 0.118 e. The molecule has 2 unspecified atom stereocenters. The highest BCUT2D eigenvalue weighted by Gasteiger charge is 2.18. The van der Waals surface area contributed by atoms with Crippen LogP contribution in [-0.4, -0.2) is 13.7 Å². The van der Waals surface area contributed by atoms with Crippen molar-refractivity contribution in [2.24, 2.45) is 11.8 Å². The molecule has 0 saturated heterocycles. The van der Waals surface area contributed by atoms with E-state index in [1.165, 1.54) is 31.2 Å². The van der Waals surface area contributed by atoms with E-state index >= 15 is 0 Å². The van der Waals surface area contributed by atoms with Gasteiger partial charge in [0.15, 0.2) is 0 Å². The number of nitrogens with one attached hydrogen (secondary N) is 1. The van der Waals surface area contributed by atoms with Crippen molar-refractivity contribution in [3.63, 3.8) is 0 Å². The Morgan fingerprint density at radius 2 is 2.00 bits per heavy atom. The molecule has 0 spiro atoms. The van der Waals surface area contributed by atoms with Gasteiger partial charge in [0.2, 0.25) is 0 Å². The fraction of sp³-hybridized carbons (Fsp3) is 0.625. The van der Waals surface area contributed by atoms with Gasteiger partial charge in [-0.05, 0) is 48.9 Å². The summed E-state index contributed by atoms with van der Waals surface area (Å²) in [5.74, 6) is 2.73. The first kappa shape index (κ1) is 13.4. The van der Waals surface area contributed by atoms with Crippen LogP contribution in [0.25, 0.3) is 0 Å². The lowest BCUT2D eigenvalue weighted by Crippen LogP contribution is -2.26. The average Bonchev–Trinajstić information content (AvgIpc) is 2.40. The van der Waals surface area contributed by atoms with Crippen LogP contribution in [0.2, 0.25) is 0 Å². The van der Waals surface area contributed by atoms with Crippen LogP contribution in [0.5, 0.6) is 5.75 Å². The number of methoxy groups -OCH3 is 1. The zero-order chi connectivity index (χ0) is 12.8. The largest absolute Gasteiger partial charge is 0.497 e. The van der Waals surface area contributed by atoms with Crippen LogP contribution < -0.4 is 10.1 Å². The van der Waals surface area contributed by atoms with E-state index in [4.69, 9.17) is 4.74 Å². The molecule has 2 heteroatoms. The lowest BCUT2D eigenvalue weighted by atomic mass is 9.82. The summed E-state index contributed by atoms with van der Waals surface area (Å²) in [6.45, 7) is 4.51. The van der Waals surface area contributed by atoms with Crippen molar-refractivity contribution in [2.45, 2.75) is 39.2 Å². The molecule has 0 radical (unpaired) electrons. The van der Waals surface area contributed by atoms with Crippen molar-refractivity contribution in [1.82, 2.24) is 5.32 Å². The SMILES string of the molecule is COc1ccc(CNCC2CCCC(C)C2)cc1. The molecule has 1 fully saturated rings. The highest BCUT2D eigenvalue weighted by Crippen LogP contribution is 2.27. The van der Waals surface area contributed by atoms with Crippen molar-refractivity contribution in [1.29, 1.82) is 0 Å². The van der Waals surface area contributed by atoms with Crippen LogP contribution in [0, 0.1) is 11.8 Å². The molecule has 1 aliphatic carbocycles. The molecule has 0 aliphatic heterocycles. The van der Waals surface area contributed by atoms with Gasteiger partial charge in [-0.25, -0.2) is 0 Å². The van der Waals surface area contributed by atoms with E-state index in [0.29, 0.717) is 0 Å². The number of ether oxygens (including phenoxy) is 1. The zero-order valence-electron chi connectivity index (χ0n) is 11.6. The van der Waals surface area contributed by atoms with Gasteiger partial charge >= 0.3 is 0 Å². The van der Waals surface area contributed by atoms with E-state index in [0.717, 1.165) is 30.7 Å². The lowest BCUT2D eigenvalue weighted by molar-refractivity contribution is 0.274. The molecule has 1 aromatic carbocycles. The molecule has 0 heterocycles. The second-order valence-corrected chi connectivity index (χ2v) is 5.62. The van der Waals surface area contributed by atoms with Gasteiger partial charge in [0, 0.05) is 6.54 Å². The van der Waals surface area contributed by atoms with Crippen molar-refractivity contribution in [2.75, 3.05) is 13.7 Å². The van der Waals surface area contributed by atoms with Crippen molar-refractivity contribution < 1.29 is 4.74 Å². The third-order valence-electron chi connectivity index (χ3n) is 3.97. The van der Waals surface area contributed by atoms with E-state index < -0.39 is 0 Å². The molecule has 0 aromatic heterocycles. The maximum Gasteiger partial charge on any atom is 0.118 e. The third kappa shape index (κ3) is 4.02. The van der Waals surface area contributed by atoms with Gasteiger partial charge < -0.3 is 10.1 Å². The number of benzene rings is 1. The Hall–Kier alpha value is -1.02. The fourth-order valence-corrected chi connectivity index (χ4v) is 2.91. The summed E-state index contributed by atoms with van der Waals surface area (Å²) in [6.07, 6.45) is 5.64. The highest BCUT2D eigenvalue weighted by molar-refractivity contribution is 5.26. The van der Waals surface area contributed by atoms with Crippen LogP contribution >= 0.6 is 0 Å². The lowest BCUT2D eigenvalue weighted by Gasteiger charge is -2.26. The van der Waals surface area contributed by atoms with Gasteiger partial charge in [-0.1, -0.05) is 31.9 Å². The van der Waals surface area contributed by atoms with E-state index in [-0.39, 0.29) is 0 Å². The fourth-order valence-electron chi connectivity index (χ4n) is 2.91. The van der Waals surface area contributed by atoms with Gasteiger partial charge in [-0.3, -0.25) is 0 Å². The van der Waals surface area contributed by atoms with Crippen LogP contribution in [0.3, 0.4) is 0 Å². The first-order valence-corrected chi connectivity index (χ1v) is 7.11. The number of hydrogen-bond donors (Lipinski definition) is 1. The molecular formula is C16H25NO. The molecule has 1 N–H and O–H groups in total. The van der Waals surface area contributed by atoms with Crippen LogP contribution in [0.15, 0.2) is 24.3 Å². The molecule has 1 saturated carbocycles. The first-order valence-electron chi connectivity index (χ1n) is 7.11. The summed E-state index contributed by atoms with van der Waals surface area (Å²) in [5.41, 5.74) is 1.33. The predicted molar refractivity (Wildman–Crippen MR) is 75.8 cm³/mol. The summed E-state index contributed by atoms with van der Waals surface area (Å²) in [4.78, 5) is 0. The minimum Gasteiger partial charge on any atom is -0.497 e. The Labute approximate surface area is 111 Å². The Bertz CT molecular complexity index is 347. The van der Waals surface area contributed by atoms with Gasteiger partial charge in [-0.15, -0.1) is 0 Å². The monoisotopic (exact) mass is 247 g/mol. The Balaban J connectivity index is 1.70. The van der Waals surface area contributed by atoms with E-state index in [9.17, 15) is 0 Å². The molecular weight excluding hydrogens is 222 g/mol. The molecule has 2 rings (SSSR count). The molecule has 2 atom stereocenters. The van der Waals surface area contributed by atoms with E-state index in [1.54, 1.807) is 7.11 Å². The predicted octanol–water partition coefficient (Wildman–Crippen LogP) is 3.61. The number of hydrogen-bond acceptors (Lipinski definition) is 2. The summed E-state index contributed by atoms with van der Waals surface area (Å²) >= 11 is 0. The first-order chi connectivity index (χ1) is 8.78. The maximum absolute atomic E-state index is 5.16. The molecule has 100 valence electrons. The molecule has 18 heavy (non-hydrogen) atoms. The van der Waals surface area contributed by atoms with Crippen LogP contribution in [-0.2, 0) is 6.54 Å². The van der Waals surface area contributed by atoms with Crippen molar-refractivity contribution >= 4 is 0 Å². The standard InChI is InChI=1S/C16H25NO/c1-13-4-3-5-15(10-13)12-17-11-14-6-8-16(18-2)9-7-14/h6-9,13,15,17H,3-5,10-12H2,1-2H3. The Morgan fingerprint density at radius 1 is 1.22 bits per heavy atom. The normalized spacial score (nSPS) is 23.9. The summed E-state index contributed by atoms with van der Waals surface area (Å²) in [7, 11) is 1.71. The minimum atomic E-state index is 0.881.